The minimum atomic E-state index is -0.415. The largest absolute Gasteiger partial charge is 0.395 e. The van der Waals surface area contributed by atoms with E-state index >= 15 is 0 Å². The van der Waals surface area contributed by atoms with Gasteiger partial charge in [-0.25, -0.2) is 4.98 Å². The van der Waals surface area contributed by atoms with Crippen molar-refractivity contribution in [2.75, 3.05) is 18.1 Å². The van der Waals surface area contributed by atoms with Gasteiger partial charge in [-0.3, -0.25) is 10.1 Å². The first-order valence-electron chi connectivity index (χ1n) is 6.53. The highest BCUT2D eigenvalue weighted by atomic mass is 16.6. The summed E-state index contributed by atoms with van der Waals surface area (Å²) in [6.45, 7) is 6.13. The van der Waals surface area contributed by atoms with E-state index in [-0.39, 0.29) is 18.3 Å². The number of rotatable bonds is 7. The molecule has 1 aromatic rings. The molecule has 0 saturated carbocycles. The Labute approximate surface area is 113 Å². The summed E-state index contributed by atoms with van der Waals surface area (Å²) in [7, 11) is 0. The van der Waals surface area contributed by atoms with Crippen LogP contribution < -0.4 is 4.90 Å². The Morgan fingerprint density at radius 1 is 1.47 bits per heavy atom. The second-order valence-electron chi connectivity index (χ2n) is 4.50. The Balaban J connectivity index is 3.25. The van der Waals surface area contributed by atoms with E-state index in [0.717, 1.165) is 18.4 Å². The van der Waals surface area contributed by atoms with Gasteiger partial charge in [0.1, 0.15) is 0 Å². The van der Waals surface area contributed by atoms with E-state index in [4.69, 9.17) is 0 Å². The zero-order valence-electron chi connectivity index (χ0n) is 11.7. The molecule has 1 heterocycles. The lowest BCUT2D eigenvalue weighted by atomic mass is 10.1. The lowest BCUT2D eigenvalue weighted by Crippen LogP contribution is -2.37. The standard InChI is InChI=1S/C13H21N3O3/c1-4-11(5-2)15(6-7-17)13-12(16(18)19)8-10(3)9-14-13/h8-9,11,17H,4-7H2,1-3H3. The normalized spacial score (nSPS) is 10.8. The van der Waals surface area contributed by atoms with Gasteiger partial charge >= 0.3 is 5.69 Å². The number of aromatic nitrogens is 1. The Bertz CT molecular complexity index is 433. The first-order chi connectivity index (χ1) is 9.04. The molecule has 0 radical (unpaired) electrons. The van der Waals surface area contributed by atoms with Crippen LogP contribution in [0.5, 0.6) is 0 Å². The minimum Gasteiger partial charge on any atom is -0.395 e. The zero-order valence-corrected chi connectivity index (χ0v) is 11.7. The maximum atomic E-state index is 11.2. The van der Waals surface area contributed by atoms with Gasteiger partial charge in [0, 0.05) is 24.8 Å². The van der Waals surface area contributed by atoms with Gasteiger partial charge in [-0.05, 0) is 25.3 Å². The number of nitrogens with zero attached hydrogens (tertiary/aromatic N) is 3. The highest BCUT2D eigenvalue weighted by Crippen LogP contribution is 2.29. The van der Waals surface area contributed by atoms with E-state index in [9.17, 15) is 15.2 Å². The number of aliphatic hydroxyl groups excluding tert-OH is 1. The highest BCUT2D eigenvalue weighted by Gasteiger charge is 2.25. The molecule has 1 N–H and O–H groups in total. The molecule has 0 aliphatic carbocycles. The van der Waals surface area contributed by atoms with Crippen molar-refractivity contribution in [2.24, 2.45) is 0 Å². The lowest BCUT2D eigenvalue weighted by Gasteiger charge is -2.30. The van der Waals surface area contributed by atoms with Gasteiger partial charge in [0.15, 0.2) is 0 Å². The fraction of sp³-hybridized carbons (Fsp3) is 0.615. The molecule has 0 fully saturated rings. The summed E-state index contributed by atoms with van der Waals surface area (Å²) >= 11 is 0. The third-order valence-corrected chi connectivity index (χ3v) is 3.18. The van der Waals surface area contributed by atoms with Gasteiger partial charge in [-0.15, -0.1) is 0 Å². The van der Waals surface area contributed by atoms with Gasteiger partial charge in [0.25, 0.3) is 0 Å². The van der Waals surface area contributed by atoms with E-state index in [1.165, 1.54) is 6.07 Å². The highest BCUT2D eigenvalue weighted by molar-refractivity contribution is 5.59. The van der Waals surface area contributed by atoms with E-state index in [1.54, 1.807) is 13.1 Å². The minimum absolute atomic E-state index is 0.000324. The summed E-state index contributed by atoms with van der Waals surface area (Å²) in [4.78, 5) is 16.8. The molecule has 0 unspecified atom stereocenters. The fourth-order valence-corrected chi connectivity index (χ4v) is 2.20. The molecule has 1 rings (SSSR count). The molecule has 0 saturated heterocycles. The van der Waals surface area contributed by atoms with Crippen molar-refractivity contribution < 1.29 is 10.0 Å². The van der Waals surface area contributed by atoms with Crippen LogP contribution in [0.2, 0.25) is 0 Å². The van der Waals surface area contributed by atoms with Crippen LogP contribution >= 0.6 is 0 Å². The molecule has 106 valence electrons. The Morgan fingerprint density at radius 3 is 2.58 bits per heavy atom. The molecular weight excluding hydrogens is 246 g/mol. The van der Waals surface area contributed by atoms with Crippen molar-refractivity contribution in [1.82, 2.24) is 4.98 Å². The molecule has 19 heavy (non-hydrogen) atoms. The maximum absolute atomic E-state index is 11.2. The topological polar surface area (TPSA) is 79.5 Å². The molecule has 6 heteroatoms. The SMILES string of the molecule is CCC(CC)N(CCO)c1ncc(C)cc1[N+](=O)[O-]. The number of hydrogen-bond donors (Lipinski definition) is 1. The van der Waals surface area contributed by atoms with Crippen molar-refractivity contribution in [2.45, 2.75) is 39.7 Å². The summed E-state index contributed by atoms with van der Waals surface area (Å²) in [5, 5.41) is 20.3. The summed E-state index contributed by atoms with van der Waals surface area (Å²) in [6.07, 6.45) is 3.32. The van der Waals surface area contributed by atoms with Crippen LogP contribution in [0, 0.1) is 17.0 Å². The number of hydrogen-bond acceptors (Lipinski definition) is 5. The summed E-state index contributed by atoms with van der Waals surface area (Å²) < 4.78 is 0. The van der Waals surface area contributed by atoms with E-state index in [2.05, 4.69) is 4.98 Å². The molecule has 1 aromatic heterocycles. The maximum Gasteiger partial charge on any atom is 0.311 e. The molecule has 0 atom stereocenters. The van der Waals surface area contributed by atoms with Crippen LogP contribution in [0.4, 0.5) is 11.5 Å². The van der Waals surface area contributed by atoms with Crippen LogP contribution in [0.3, 0.4) is 0 Å². The van der Waals surface area contributed by atoms with Gasteiger partial charge in [-0.2, -0.15) is 0 Å². The third kappa shape index (κ3) is 3.64. The van der Waals surface area contributed by atoms with Crippen molar-refractivity contribution in [3.05, 3.63) is 27.9 Å². The average molecular weight is 267 g/mol. The molecule has 6 nitrogen and oxygen atoms in total. The molecule has 0 aliphatic heterocycles. The molecule has 0 amide bonds. The number of anilines is 1. The molecular formula is C13H21N3O3. The number of pyridine rings is 1. The van der Waals surface area contributed by atoms with Crippen LogP contribution in [-0.2, 0) is 0 Å². The van der Waals surface area contributed by atoms with Crippen molar-refractivity contribution in [1.29, 1.82) is 0 Å². The first-order valence-corrected chi connectivity index (χ1v) is 6.53. The van der Waals surface area contributed by atoms with Gasteiger partial charge < -0.3 is 10.0 Å². The quantitative estimate of drug-likeness (QED) is 0.605. The van der Waals surface area contributed by atoms with Crippen LogP contribution in [0.15, 0.2) is 12.3 Å². The van der Waals surface area contributed by atoms with Crippen LogP contribution in [-0.4, -0.2) is 34.2 Å². The number of aliphatic hydroxyl groups is 1. The summed E-state index contributed by atoms with van der Waals surface area (Å²) in [6, 6.07) is 1.66. The van der Waals surface area contributed by atoms with Crippen molar-refractivity contribution in [3.63, 3.8) is 0 Å². The summed E-state index contributed by atoms with van der Waals surface area (Å²) in [5.74, 6) is 0.346. The second kappa shape index (κ2) is 7.04. The second-order valence-corrected chi connectivity index (χ2v) is 4.50. The van der Waals surface area contributed by atoms with E-state index in [1.807, 2.05) is 18.7 Å². The van der Waals surface area contributed by atoms with Gasteiger partial charge in [-0.1, -0.05) is 13.8 Å². The Kier molecular flexibility index (Phi) is 5.69. The van der Waals surface area contributed by atoms with Crippen LogP contribution in [0.25, 0.3) is 0 Å². The van der Waals surface area contributed by atoms with Gasteiger partial charge in [0.2, 0.25) is 5.82 Å². The summed E-state index contributed by atoms with van der Waals surface area (Å²) in [5.41, 5.74) is 0.754. The zero-order chi connectivity index (χ0) is 14.4. The number of nitro groups is 1. The molecule has 0 aromatic carbocycles. The molecule has 0 spiro atoms. The van der Waals surface area contributed by atoms with Gasteiger partial charge in [0.05, 0.1) is 11.5 Å². The fourth-order valence-electron chi connectivity index (χ4n) is 2.20. The molecule has 0 bridgehead atoms. The lowest BCUT2D eigenvalue weighted by molar-refractivity contribution is -0.384. The van der Waals surface area contributed by atoms with Crippen molar-refractivity contribution in [3.8, 4) is 0 Å². The van der Waals surface area contributed by atoms with Crippen molar-refractivity contribution >= 4 is 11.5 Å². The predicted octanol–water partition coefficient (Wildman–Crippen LogP) is 2.29. The smallest absolute Gasteiger partial charge is 0.311 e. The van der Waals surface area contributed by atoms with Crippen LogP contribution in [0.1, 0.15) is 32.3 Å². The molecule has 0 aliphatic rings. The first kappa shape index (κ1) is 15.4. The average Bonchev–Trinajstić information content (AvgIpc) is 2.39. The predicted molar refractivity (Wildman–Crippen MR) is 74.4 cm³/mol. The third-order valence-electron chi connectivity index (χ3n) is 3.18. The monoisotopic (exact) mass is 267 g/mol. The Morgan fingerprint density at radius 2 is 2.11 bits per heavy atom. The van der Waals surface area contributed by atoms with E-state index in [0.29, 0.717) is 12.4 Å². The Hall–Kier alpha value is -1.69. The van der Waals surface area contributed by atoms with E-state index < -0.39 is 4.92 Å². The number of aryl methyl sites for hydroxylation is 1.